The van der Waals surface area contributed by atoms with Gasteiger partial charge < -0.3 is 15.0 Å². The first-order valence-corrected chi connectivity index (χ1v) is 9.85. The summed E-state index contributed by atoms with van der Waals surface area (Å²) in [6.07, 6.45) is 3.64. The molecule has 146 valence electrons. The molecule has 5 nitrogen and oxygen atoms in total. The predicted molar refractivity (Wildman–Crippen MR) is 109 cm³/mol. The lowest BCUT2D eigenvalue weighted by Crippen LogP contribution is -2.53. The molecule has 1 spiro atoms. The Morgan fingerprint density at radius 1 is 1.07 bits per heavy atom. The smallest absolute Gasteiger partial charge is 0.254 e. The van der Waals surface area contributed by atoms with Crippen LogP contribution in [0.5, 0.6) is 0 Å². The number of ether oxygens (including phenoxy) is 1. The standard InChI is InChI=1S/C24H22N2O3/c1-16-19-12-13-24(29-19)20(16)23(28)26(15-18-10-6-3-7-11-18)21(24)22(27)25-14-17-8-4-2-5-9-17/h2-13,19,21H,14-15H2,1H3,(H,25,27)/t19-,21+,24+/m0/s1. The molecule has 0 radical (unpaired) electrons. The third-order valence-electron chi connectivity index (χ3n) is 6.00. The molecule has 5 heteroatoms. The van der Waals surface area contributed by atoms with Crippen molar-refractivity contribution in [3.63, 3.8) is 0 Å². The van der Waals surface area contributed by atoms with Gasteiger partial charge in [-0.3, -0.25) is 9.59 Å². The van der Waals surface area contributed by atoms with Gasteiger partial charge in [0.1, 0.15) is 11.6 Å². The van der Waals surface area contributed by atoms with E-state index in [-0.39, 0.29) is 17.9 Å². The maximum atomic E-state index is 13.4. The Morgan fingerprint density at radius 2 is 1.72 bits per heavy atom. The van der Waals surface area contributed by atoms with Crippen molar-refractivity contribution in [1.29, 1.82) is 0 Å². The van der Waals surface area contributed by atoms with Crippen LogP contribution in [0.4, 0.5) is 0 Å². The zero-order valence-electron chi connectivity index (χ0n) is 16.2. The van der Waals surface area contributed by atoms with E-state index in [2.05, 4.69) is 5.32 Å². The van der Waals surface area contributed by atoms with Gasteiger partial charge in [0.25, 0.3) is 5.91 Å². The van der Waals surface area contributed by atoms with Crippen LogP contribution >= 0.6 is 0 Å². The minimum atomic E-state index is -0.985. The van der Waals surface area contributed by atoms with Gasteiger partial charge in [0.15, 0.2) is 0 Å². The van der Waals surface area contributed by atoms with E-state index in [9.17, 15) is 9.59 Å². The molecule has 2 aromatic carbocycles. The number of rotatable bonds is 5. The molecule has 0 unspecified atom stereocenters. The van der Waals surface area contributed by atoms with E-state index in [1.807, 2.05) is 79.7 Å². The van der Waals surface area contributed by atoms with E-state index >= 15 is 0 Å². The van der Waals surface area contributed by atoms with Gasteiger partial charge in [0.05, 0.1) is 11.7 Å². The molecule has 0 aliphatic carbocycles. The molecule has 0 saturated carbocycles. The first-order valence-electron chi connectivity index (χ1n) is 9.85. The molecular weight excluding hydrogens is 364 g/mol. The van der Waals surface area contributed by atoms with Crippen molar-refractivity contribution in [2.24, 2.45) is 0 Å². The topological polar surface area (TPSA) is 58.6 Å². The maximum Gasteiger partial charge on any atom is 0.254 e. The third kappa shape index (κ3) is 2.73. The molecule has 3 aliphatic rings. The fraction of sp³-hybridized carbons (Fsp3) is 0.250. The number of benzene rings is 2. The molecule has 1 N–H and O–H groups in total. The minimum absolute atomic E-state index is 0.113. The van der Waals surface area contributed by atoms with E-state index in [0.29, 0.717) is 18.7 Å². The number of hydrogen-bond donors (Lipinski definition) is 1. The number of nitrogens with one attached hydrogen (secondary N) is 1. The molecule has 1 saturated heterocycles. The first kappa shape index (κ1) is 17.9. The Labute approximate surface area is 169 Å². The van der Waals surface area contributed by atoms with Crippen molar-refractivity contribution < 1.29 is 14.3 Å². The molecule has 5 rings (SSSR count). The van der Waals surface area contributed by atoms with Crippen LogP contribution in [0.1, 0.15) is 18.1 Å². The van der Waals surface area contributed by atoms with Crippen LogP contribution in [0.15, 0.2) is 84.0 Å². The summed E-state index contributed by atoms with van der Waals surface area (Å²) in [5.74, 6) is -0.314. The summed E-state index contributed by atoms with van der Waals surface area (Å²) in [6.45, 7) is 2.70. The highest BCUT2D eigenvalue weighted by Crippen LogP contribution is 2.51. The highest BCUT2D eigenvalue weighted by Gasteiger charge is 2.65. The van der Waals surface area contributed by atoms with Crippen LogP contribution < -0.4 is 5.32 Å². The average Bonchev–Trinajstić information content (AvgIpc) is 3.36. The van der Waals surface area contributed by atoms with Gasteiger partial charge in [-0.1, -0.05) is 66.7 Å². The van der Waals surface area contributed by atoms with Crippen molar-refractivity contribution >= 4 is 11.8 Å². The van der Waals surface area contributed by atoms with Crippen molar-refractivity contribution in [2.45, 2.75) is 37.8 Å². The Hall–Kier alpha value is -3.18. The molecule has 0 aromatic heterocycles. The van der Waals surface area contributed by atoms with Crippen LogP contribution in [0.3, 0.4) is 0 Å². The number of amides is 2. The fourth-order valence-electron chi connectivity index (χ4n) is 4.63. The summed E-state index contributed by atoms with van der Waals surface area (Å²) in [4.78, 5) is 28.4. The predicted octanol–water partition coefficient (Wildman–Crippen LogP) is 2.74. The number of carbonyl (C=O) groups is 2. The van der Waals surface area contributed by atoms with Crippen molar-refractivity contribution in [2.75, 3.05) is 0 Å². The Morgan fingerprint density at radius 3 is 2.41 bits per heavy atom. The number of carbonyl (C=O) groups excluding carboxylic acids is 2. The summed E-state index contributed by atoms with van der Waals surface area (Å²) in [7, 11) is 0. The lowest BCUT2D eigenvalue weighted by Gasteiger charge is -2.31. The number of nitrogens with zero attached hydrogens (tertiary/aromatic N) is 1. The monoisotopic (exact) mass is 386 g/mol. The molecule has 29 heavy (non-hydrogen) atoms. The van der Waals surface area contributed by atoms with Crippen LogP contribution in [-0.2, 0) is 27.4 Å². The van der Waals surface area contributed by atoms with Crippen molar-refractivity contribution in [1.82, 2.24) is 10.2 Å². The molecular formula is C24H22N2O3. The average molecular weight is 386 g/mol. The zero-order chi connectivity index (χ0) is 20.0. The van der Waals surface area contributed by atoms with Gasteiger partial charge in [0.2, 0.25) is 5.91 Å². The van der Waals surface area contributed by atoms with E-state index in [1.54, 1.807) is 4.90 Å². The largest absolute Gasteiger partial charge is 0.352 e. The number of hydrogen-bond acceptors (Lipinski definition) is 3. The summed E-state index contributed by atoms with van der Waals surface area (Å²) in [6, 6.07) is 18.8. The van der Waals surface area contributed by atoms with E-state index in [4.69, 9.17) is 4.74 Å². The van der Waals surface area contributed by atoms with E-state index < -0.39 is 11.6 Å². The van der Waals surface area contributed by atoms with Gasteiger partial charge in [0, 0.05) is 13.1 Å². The number of fused-ring (bicyclic) bond motifs is 1. The van der Waals surface area contributed by atoms with Gasteiger partial charge in [-0.15, -0.1) is 0 Å². The van der Waals surface area contributed by atoms with E-state index in [1.165, 1.54) is 0 Å². The molecule has 3 aliphatic heterocycles. The van der Waals surface area contributed by atoms with Crippen LogP contribution in [-0.4, -0.2) is 34.5 Å². The zero-order valence-corrected chi connectivity index (χ0v) is 16.2. The summed E-state index contributed by atoms with van der Waals surface area (Å²) in [5, 5.41) is 3.01. The fourth-order valence-corrected chi connectivity index (χ4v) is 4.63. The first-order chi connectivity index (χ1) is 14.1. The molecule has 3 atom stereocenters. The van der Waals surface area contributed by atoms with Gasteiger partial charge in [-0.2, -0.15) is 0 Å². The van der Waals surface area contributed by atoms with Crippen LogP contribution in [0.2, 0.25) is 0 Å². The second-order valence-corrected chi connectivity index (χ2v) is 7.77. The quantitative estimate of drug-likeness (QED) is 0.804. The van der Waals surface area contributed by atoms with Gasteiger partial charge >= 0.3 is 0 Å². The molecule has 2 aromatic rings. The van der Waals surface area contributed by atoms with Crippen molar-refractivity contribution in [3.8, 4) is 0 Å². The van der Waals surface area contributed by atoms with Crippen LogP contribution in [0, 0.1) is 0 Å². The molecule has 3 heterocycles. The SMILES string of the molecule is CC1=C2C(=O)N(Cc3ccccc3)[C@H](C(=O)NCc3ccccc3)[C@@]23C=C[C@@H]1O3. The summed E-state index contributed by atoms with van der Waals surface area (Å²) < 4.78 is 6.21. The summed E-state index contributed by atoms with van der Waals surface area (Å²) >= 11 is 0. The lowest BCUT2D eigenvalue weighted by molar-refractivity contribution is -0.138. The van der Waals surface area contributed by atoms with Gasteiger partial charge in [-0.05, 0) is 29.7 Å². The lowest BCUT2D eigenvalue weighted by atomic mass is 9.85. The maximum absolute atomic E-state index is 13.4. The minimum Gasteiger partial charge on any atom is -0.352 e. The highest BCUT2D eigenvalue weighted by molar-refractivity contribution is 6.07. The Bertz CT molecular complexity index is 1030. The Balaban J connectivity index is 1.48. The number of likely N-dealkylation sites (tertiary alicyclic amines) is 1. The van der Waals surface area contributed by atoms with Crippen LogP contribution in [0.25, 0.3) is 0 Å². The second kappa shape index (κ2) is 6.71. The third-order valence-corrected chi connectivity index (χ3v) is 6.00. The highest BCUT2D eigenvalue weighted by atomic mass is 16.5. The molecule has 1 fully saturated rings. The normalized spacial score (nSPS) is 26.9. The second-order valence-electron chi connectivity index (χ2n) is 7.77. The van der Waals surface area contributed by atoms with Gasteiger partial charge in [-0.25, -0.2) is 0 Å². The molecule has 2 amide bonds. The van der Waals surface area contributed by atoms with E-state index in [0.717, 1.165) is 16.7 Å². The van der Waals surface area contributed by atoms with Crippen molar-refractivity contribution in [3.05, 3.63) is 95.1 Å². The summed E-state index contributed by atoms with van der Waals surface area (Å²) in [5.41, 5.74) is 2.54. The molecule has 2 bridgehead atoms. The Kier molecular flexibility index (Phi) is 4.14.